The smallest absolute Gasteiger partial charge is 0.309 e. The fourth-order valence-corrected chi connectivity index (χ4v) is 5.06. The van der Waals surface area contributed by atoms with E-state index in [0.717, 1.165) is 18.9 Å². The highest BCUT2D eigenvalue weighted by Crippen LogP contribution is 2.27. The van der Waals surface area contributed by atoms with E-state index in [-0.39, 0.29) is 29.1 Å². The first-order valence-electron chi connectivity index (χ1n) is 9.49. The van der Waals surface area contributed by atoms with Crippen molar-refractivity contribution in [3.63, 3.8) is 0 Å². The first-order valence-corrected chi connectivity index (χ1v) is 10.9. The van der Waals surface area contributed by atoms with Crippen molar-refractivity contribution in [1.82, 2.24) is 14.9 Å². The molecule has 2 amide bonds. The van der Waals surface area contributed by atoms with Crippen LogP contribution in [0.4, 0.5) is 4.39 Å². The molecule has 0 aromatic heterocycles. The van der Waals surface area contributed by atoms with Gasteiger partial charge in [-0.15, -0.1) is 0 Å². The number of hydrogen-bond acceptors (Lipinski definition) is 4. The Morgan fingerprint density at radius 1 is 1.25 bits per heavy atom. The van der Waals surface area contributed by atoms with Crippen LogP contribution in [0.3, 0.4) is 0 Å². The number of carbonyl (C=O) groups is 2. The zero-order valence-corrected chi connectivity index (χ0v) is 17.3. The molecule has 1 aliphatic rings. The van der Waals surface area contributed by atoms with E-state index in [4.69, 9.17) is 0 Å². The Morgan fingerprint density at radius 2 is 1.96 bits per heavy atom. The second-order valence-electron chi connectivity index (χ2n) is 7.35. The van der Waals surface area contributed by atoms with E-state index in [9.17, 15) is 22.4 Å². The first-order chi connectivity index (χ1) is 13.1. The molecule has 1 aromatic carbocycles. The molecule has 0 aliphatic carbocycles. The number of amides is 2. The fraction of sp³-hybridized carbons (Fsp3) is 0.579. The summed E-state index contributed by atoms with van der Waals surface area (Å²) in [5, 5.41) is 5.05. The van der Waals surface area contributed by atoms with Crippen molar-refractivity contribution in [3.05, 3.63) is 29.6 Å². The van der Waals surface area contributed by atoms with Gasteiger partial charge in [0.25, 0.3) is 0 Å². The van der Waals surface area contributed by atoms with E-state index in [1.807, 2.05) is 0 Å². The quantitative estimate of drug-likeness (QED) is 0.694. The molecule has 9 heteroatoms. The van der Waals surface area contributed by atoms with Gasteiger partial charge in [0, 0.05) is 25.2 Å². The summed E-state index contributed by atoms with van der Waals surface area (Å²) in [4.78, 5) is 23.5. The molecule has 28 heavy (non-hydrogen) atoms. The predicted octanol–water partition coefficient (Wildman–Crippen LogP) is 1.71. The molecule has 0 spiro atoms. The number of rotatable bonds is 6. The molecular formula is C19H28FN3O4S. The Bertz CT molecular complexity index is 826. The molecule has 156 valence electrons. The Balaban J connectivity index is 2.04. The number of carbonyl (C=O) groups excluding carboxylic acids is 2. The minimum atomic E-state index is -3.76. The second kappa shape index (κ2) is 9.47. The van der Waals surface area contributed by atoms with Crippen molar-refractivity contribution in [1.29, 1.82) is 0 Å². The van der Waals surface area contributed by atoms with Gasteiger partial charge in [0.1, 0.15) is 5.82 Å². The zero-order valence-electron chi connectivity index (χ0n) is 16.5. The number of nitrogens with zero attached hydrogens (tertiary/aromatic N) is 1. The van der Waals surface area contributed by atoms with Gasteiger partial charge in [-0.2, -0.15) is 4.31 Å². The average molecular weight is 414 g/mol. The van der Waals surface area contributed by atoms with Crippen LogP contribution in [0, 0.1) is 12.7 Å². The SMILES string of the molecule is Cc1cc(S(=O)(=O)N2CCCC[C@@H]2CCNC(=O)C(=O)NC(C)C)ccc1F. The predicted molar refractivity (Wildman–Crippen MR) is 104 cm³/mol. The standard InChI is InChI=1S/C19H28FN3O4S/c1-13(2)22-19(25)18(24)21-10-9-15-6-4-5-11-23(15)28(26,27)16-7-8-17(20)14(3)12-16/h7-8,12-13,15H,4-6,9-11H2,1-3H3,(H,21,24)(H,22,25)/t15-/m1/s1. The molecule has 2 rings (SSSR count). The Kier molecular flexibility index (Phi) is 7.54. The van der Waals surface area contributed by atoms with Crippen LogP contribution in [0.15, 0.2) is 23.1 Å². The highest BCUT2D eigenvalue weighted by Gasteiger charge is 2.33. The number of benzene rings is 1. The van der Waals surface area contributed by atoms with Gasteiger partial charge in [-0.05, 0) is 63.8 Å². The van der Waals surface area contributed by atoms with Crippen LogP contribution < -0.4 is 10.6 Å². The van der Waals surface area contributed by atoms with Gasteiger partial charge < -0.3 is 10.6 Å². The van der Waals surface area contributed by atoms with Gasteiger partial charge in [0.2, 0.25) is 10.0 Å². The number of piperidine rings is 1. The van der Waals surface area contributed by atoms with Crippen molar-refractivity contribution >= 4 is 21.8 Å². The molecule has 1 aromatic rings. The van der Waals surface area contributed by atoms with Crippen molar-refractivity contribution < 1.29 is 22.4 Å². The summed E-state index contributed by atoms with van der Waals surface area (Å²) in [5.74, 6) is -1.88. The van der Waals surface area contributed by atoms with Crippen LogP contribution >= 0.6 is 0 Å². The van der Waals surface area contributed by atoms with Gasteiger partial charge in [-0.25, -0.2) is 12.8 Å². The van der Waals surface area contributed by atoms with E-state index in [1.54, 1.807) is 13.8 Å². The monoisotopic (exact) mass is 413 g/mol. The summed E-state index contributed by atoms with van der Waals surface area (Å²) in [6.45, 7) is 5.62. The number of aryl methyl sites for hydroxylation is 1. The molecule has 1 saturated heterocycles. The van der Waals surface area contributed by atoms with Crippen molar-refractivity contribution in [2.45, 2.75) is 63.4 Å². The van der Waals surface area contributed by atoms with E-state index in [1.165, 1.54) is 23.4 Å². The molecule has 1 atom stereocenters. The largest absolute Gasteiger partial charge is 0.348 e. The van der Waals surface area contributed by atoms with Gasteiger partial charge in [0.15, 0.2) is 0 Å². The Morgan fingerprint density at radius 3 is 2.61 bits per heavy atom. The van der Waals surface area contributed by atoms with Crippen LogP contribution in [0.1, 0.15) is 45.1 Å². The maximum Gasteiger partial charge on any atom is 0.309 e. The summed E-state index contributed by atoms with van der Waals surface area (Å²) in [6.07, 6.45) is 2.72. The third-order valence-electron chi connectivity index (χ3n) is 4.70. The van der Waals surface area contributed by atoms with E-state index < -0.39 is 27.7 Å². The molecule has 0 unspecified atom stereocenters. The summed E-state index contributed by atoms with van der Waals surface area (Å²) in [6, 6.07) is 3.36. The number of hydrogen-bond donors (Lipinski definition) is 2. The maximum atomic E-state index is 13.5. The molecule has 0 radical (unpaired) electrons. The third-order valence-corrected chi connectivity index (χ3v) is 6.65. The molecule has 1 aliphatic heterocycles. The lowest BCUT2D eigenvalue weighted by atomic mass is 10.0. The number of nitrogens with one attached hydrogen (secondary N) is 2. The lowest BCUT2D eigenvalue weighted by Gasteiger charge is -2.34. The summed E-state index contributed by atoms with van der Waals surface area (Å²) in [5.41, 5.74) is 0.276. The molecule has 0 bridgehead atoms. The van der Waals surface area contributed by atoms with Crippen molar-refractivity contribution in [2.75, 3.05) is 13.1 Å². The van der Waals surface area contributed by atoms with E-state index in [0.29, 0.717) is 19.4 Å². The second-order valence-corrected chi connectivity index (χ2v) is 9.24. The molecule has 2 N–H and O–H groups in total. The van der Waals surface area contributed by atoms with Gasteiger partial charge in [-0.1, -0.05) is 6.42 Å². The third kappa shape index (κ3) is 5.51. The molecule has 7 nitrogen and oxygen atoms in total. The Hall–Kier alpha value is -2.00. The molecule has 0 saturated carbocycles. The van der Waals surface area contributed by atoms with Gasteiger partial charge >= 0.3 is 11.8 Å². The lowest BCUT2D eigenvalue weighted by molar-refractivity contribution is -0.139. The minimum Gasteiger partial charge on any atom is -0.348 e. The Labute approximate surface area is 165 Å². The lowest BCUT2D eigenvalue weighted by Crippen LogP contribution is -2.47. The topological polar surface area (TPSA) is 95.6 Å². The fourth-order valence-electron chi connectivity index (χ4n) is 3.25. The van der Waals surface area contributed by atoms with E-state index >= 15 is 0 Å². The summed E-state index contributed by atoms with van der Waals surface area (Å²) < 4.78 is 41.0. The summed E-state index contributed by atoms with van der Waals surface area (Å²) >= 11 is 0. The number of sulfonamides is 1. The first kappa shape index (κ1) is 22.3. The van der Waals surface area contributed by atoms with Crippen LogP contribution in [-0.2, 0) is 19.6 Å². The maximum absolute atomic E-state index is 13.5. The van der Waals surface area contributed by atoms with Gasteiger partial charge in [-0.3, -0.25) is 9.59 Å². The van der Waals surface area contributed by atoms with Gasteiger partial charge in [0.05, 0.1) is 4.90 Å². The normalized spacial score (nSPS) is 18.1. The minimum absolute atomic E-state index is 0.0682. The summed E-state index contributed by atoms with van der Waals surface area (Å²) in [7, 11) is -3.76. The van der Waals surface area contributed by atoms with Crippen molar-refractivity contribution in [2.24, 2.45) is 0 Å². The van der Waals surface area contributed by atoms with Crippen LogP contribution in [0.25, 0.3) is 0 Å². The number of halogens is 1. The molecular weight excluding hydrogens is 385 g/mol. The zero-order chi connectivity index (χ0) is 20.9. The van der Waals surface area contributed by atoms with Crippen LogP contribution in [-0.4, -0.2) is 49.7 Å². The van der Waals surface area contributed by atoms with E-state index in [2.05, 4.69) is 10.6 Å². The molecule has 1 fully saturated rings. The average Bonchev–Trinajstić information content (AvgIpc) is 2.63. The van der Waals surface area contributed by atoms with Crippen LogP contribution in [0.2, 0.25) is 0 Å². The molecule has 1 heterocycles. The highest BCUT2D eigenvalue weighted by molar-refractivity contribution is 7.89. The van der Waals surface area contributed by atoms with Crippen LogP contribution in [0.5, 0.6) is 0 Å². The highest BCUT2D eigenvalue weighted by atomic mass is 32.2. The van der Waals surface area contributed by atoms with Crippen molar-refractivity contribution in [3.8, 4) is 0 Å².